The van der Waals surface area contributed by atoms with Gasteiger partial charge in [-0.2, -0.15) is 9.29 Å². The fraction of sp³-hybridized carbons (Fsp3) is 0.533. The highest BCUT2D eigenvalue weighted by atomic mass is 32.2. The zero-order valence-corrected chi connectivity index (χ0v) is 15.3. The van der Waals surface area contributed by atoms with E-state index in [0.29, 0.717) is 31.2 Å². The molecule has 0 bridgehead atoms. The Kier molecular flexibility index (Phi) is 5.39. The average molecular weight is 384 g/mol. The molecule has 1 fully saturated rings. The SMILES string of the molecule is COCc1nc(CCN(C2CN(C(=O)c3ccco3)C2)S(C)(=O)=O)no1. The monoisotopic (exact) mass is 384 g/mol. The molecule has 1 aliphatic heterocycles. The number of nitrogens with zero attached hydrogens (tertiary/aromatic N) is 4. The fourth-order valence-electron chi connectivity index (χ4n) is 2.76. The van der Waals surface area contributed by atoms with Crippen LogP contribution < -0.4 is 0 Å². The van der Waals surface area contributed by atoms with Crippen molar-refractivity contribution in [2.45, 2.75) is 19.1 Å². The summed E-state index contributed by atoms with van der Waals surface area (Å²) in [7, 11) is -1.92. The largest absolute Gasteiger partial charge is 0.459 e. The molecular weight excluding hydrogens is 364 g/mol. The molecule has 2 aromatic heterocycles. The molecule has 142 valence electrons. The summed E-state index contributed by atoms with van der Waals surface area (Å²) in [5, 5.41) is 3.80. The Labute approximate surface area is 150 Å². The zero-order valence-electron chi connectivity index (χ0n) is 14.5. The molecular formula is C15H20N4O6S. The van der Waals surface area contributed by atoms with E-state index in [1.807, 2.05) is 0 Å². The van der Waals surface area contributed by atoms with Gasteiger partial charge in [-0.3, -0.25) is 4.79 Å². The topological polar surface area (TPSA) is 119 Å². The van der Waals surface area contributed by atoms with Gasteiger partial charge in [-0.25, -0.2) is 8.42 Å². The summed E-state index contributed by atoms with van der Waals surface area (Å²) in [6.45, 7) is 1.04. The van der Waals surface area contributed by atoms with Crippen molar-refractivity contribution in [3.05, 3.63) is 35.9 Å². The molecule has 10 nitrogen and oxygen atoms in total. The van der Waals surface area contributed by atoms with Crippen LogP contribution in [0.25, 0.3) is 0 Å². The second-order valence-electron chi connectivity index (χ2n) is 6.00. The van der Waals surface area contributed by atoms with Crippen molar-refractivity contribution < 1.29 is 26.9 Å². The summed E-state index contributed by atoms with van der Waals surface area (Å²) in [6, 6.07) is 2.93. The van der Waals surface area contributed by atoms with Gasteiger partial charge in [-0.05, 0) is 12.1 Å². The average Bonchev–Trinajstić information content (AvgIpc) is 3.19. The Hall–Kier alpha value is -2.24. The number of rotatable bonds is 8. The first-order valence-corrected chi connectivity index (χ1v) is 9.83. The lowest BCUT2D eigenvalue weighted by Gasteiger charge is -2.43. The van der Waals surface area contributed by atoms with Gasteiger partial charge >= 0.3 is 0 Å². The number of amides is 1. The van der Waals surface area contributed by atoms with Crippen LogP contribution in [0.1, 0.15) is 22.3 Å². The number of ether oxygens (including phenoxy) is 1. The highest BCUT2D eigenvalue weighted by Gasteiger charge is 2.39. The van der Waals surface area contributed by atoms with Crippen molar-refractivity contribution in [2.24, 2.45) is 0 Å². The molecule has 26 heavy (non-hydrogen) atoms. The predicted octanol–water partition coefficient (Wildman–Crippen LogP) is 0.138. The highest BCUT2D eigenvalue weighted by Crippen LogP contribution is 2.21. The molecule has 0 saturated carbocycles. The van der Waals surface area contributed by atoms with E-state index in [9.17, 15) is 13.2 Å². The van der Waals surface area contributed by atoms with Crippen LogP contribution >= 0.6 is 0 Å². The first-order chi connectivity index (χ1) is 12.4. The van der Waals surface area contributed by atoms with Gasteiger partial charge in [0.25, 0.3) is 11.8 Å². The van der Waals surface area contributed by atoms with Crippen LogP contribution in [0.15, 0.2) is 27.3 Å². The van der Waals surface area contributed by atoms with E-state index in [4.69, 9.17) is 13.7 Å². The van der Waals surface area contributed by atoms with Gasteiger partial charge < -0.3 is 18.6 Å². The number of methoxy groups -OCH3 is 1. The molecule has 1 aliphatic rings. The number of carbonyl (C=O) groups excluding carboxylic acids is 1. The summed E-state index contributed by atoms with van der Waals surface area (Å²) < 4.78 is 40.6. The van der Waals surface area contributed by atoms with Gasteiger partial charge in [-0.1, -0.05) is 5.16 Å². The van der Waals surface area contributed by atoms with E-state index in [-0.39, 0.29) is 30.9 Å². The van der Waals surface area contributed by atoms with Crippen LogP contribution in [0, 0.1) is 0 Å². The number of aromatic nitrogens is 2. The number of hydrogen-bond acceptors (Lipinski definition) is 8. The van der Waals surface area contributed by atoms with Gasteiger partial charge in [0.2, 0.25) is 10.0 Å². The molecule has 11 heteroatoms. The van der Waals surface area contributed by atoms with Gasteiger partial charge in [-0.15, -0.1) is 0 Å². The van der Waals surface area contributed by atoms with Crippen LogP contribution in [-0.2, 0) is 27.8 Å². The summed E-state index contributed by atoms with van der Waals surface area (Å²) in [4.78, 5) is 17.9. The standard InChI is InChI=1S/C15H20N4O6S/c1-23-10-14-16-13(17-25-14)5-6-19(26(2,21)22)11-8-18(9-11)15(20)12-4-3-7-24-12/h3-4,7,11H,5-6,8-10H2,1-2H3. The first kappa shape index (κ1) is 18.5. The van der Waals surface area contributed by atoms with E-state index in [0.717, 1.165) is 6.26 Å². The third-order valence-corrected chi connectivity index (χ3v) is 5.38. The van der Waals surface area contributed by atoms with Gasteiger partial charge in [0.15, 0.2) is 11.6 Å². The summed E-state index contributed by atoms with van der Waals surface area (Å²) in [5.41, 5.74) is 0. The molecule has 0 N–H and O–H groups in total. The van der Waals surface area contributed by atoms with Gasteiger partial charge in [0.05, 0.1) is 18.6 Å². The Bertz CT molecular complexity index is 841. The van der Waals surface area contributed by atoms with Crippen molar-refractivity contribution in [3.63, 3.8) is 0 Å². The summed E-state index contributed by atoms with van der Waals surface area (Å²) >= 11 is 0. The maximum Gasteiger partial charge on any atom is 0.289 e. The van der Waals surface area contributed by atoms with Crippen molar-refractivity contribution in [1.29, 1.82) is 0 Å². The maximum absolute atomic E-state index is 12.2. The lowest BCUT2D eigenvalue weighted by Crippen LogP contribution is -2.62. The van der Waals surface area contributed by atoms with E-state index < -0.39 is 10.0 Å². The number of sulfonamides is 1. The maximum atomic E-state index is 12.2. The molecule has 0 aliphatic carbocycles. The summed E-state index contributed by atoms with van der Waals surface area (Å²) in [5.74, 6) is 0.745. The van der Waals surface area contributed by atoms with Crippen molar-refractivity contribution in [3.8, 4) is 0 Å². The van der Waals surface area contributed by atoms with Crippen LogP contribution in [-0.4, -0.2) is 72.7 Å². The minimum atomic E-state index is -3.44. The lowest BCUT2D eigenvalue weighted by molar-refractivity contribution is 0.0424. The molecule has 0 atom stereocenters. The van der Waals surface area contributed by atoms with Crippen LogP contribution in [0.5, 0.6) is 0 Å². The van der Waals surface area contributed by atoms with Crippen LogP contribution in [0.3, 0.4) is 0 Å². The zero-order chi connectivity index (χ0) is 18.7. The second kappa shape index (κ2) is 7.56. The normalized spacial score (nSPS) is 15.4. The van der Waals surface area contributed by atoms with Crippen LogP contribution in [0.2, 0.25) is 0 Å². The van der Waals surface area contributed by atoms with Crippen molar-refractivity contribution in [2.75, 3.05) is 33.0 Å². The predicted molar refractivity (Wildman–Crippen MR) is 88.7 cm³/mol. The minimum absolute atomic E-state index is 0.204. The molecule has 0 aromatic carbocycles. The lowest BCUT2D eigenvalue weighted by atomic mass is 10.1. The number of likely N-dealkylation sites (tertiary alicyclic amines) is 1. The van der Waals surface area contributed by atoms with E-state index in [1.54, 1.807) is 17.0 Å². The third kappa shape index (κ3) is 4.11. The smallest absolute Gasteiger partial charge is 0.289 e. The molecule has 0 unspecified atom stereocenters. The molecule has 0 radical (unpaired) electrons. The highest BCUT2D eigenvalue weighted by molar-refractivity contribution is 7.88. The molecule has 1 saturated heterocycles. The Morgan fingerprint density at radius 3 is 2.85 bits per heavy atom. The van der Waals surface area contributed by atoms with Gasteiger partial charge in [0, 0.05) is 33.2 Å². The molecule has 3 rings (SSSR count). The number of furan rings is 1. The van der Waals surface area contributed by atoms with E-state index >= 15 is 0 Å². The molecule has 1 amide bonds. The Morgan fingerprint density at radius 2 is 2.23 bits per heavy atom. The second-order valence-corrected chi connectivity index (χ2v) is 7.94. The molecule has 0 spiro atoms. The number of carbonyl (C=O) groups is 1. The van der Waals surface area contributed by atoms with Crippen molar-refractivity contribution >= 4 is 15.9 Å². The molecule has 3 heterocycles. The Balaban J connectivity index is 1.58. The first-order valence-electron chi connectivity index (χ1n) is 7.98. The van der Waals surface area contributed by atoms with E-state index in [2.05, 4.69) is 10.1 Å². The van der Waals surface area contributed by atoms with Crippen molar-refractivity contribution in [1.82, 2.24) is 19.3 Å². The van der Waals surface area contributed by atoms with E-state index in [1.165, 1.54) is 17.7 Å². The quantitative estimate of drug-likeness (QED) is 0.630. The third-order valence-electron chi connectivity index (χ3n) is 4.05. The number of hydrogen-bond donors (Lipinski definition) is 0. The minimum Gasteiger partial charge on any atom is -0.459 e. The van der Waals surface area contributed by atoms with Crippen LogP contribution in [0.4, 0.5) is 0 Å². The Morgan fingerprint density at radius 1 is 1.46 bits per heavy atom. The van der Waals surface area contributed by atoms with Gasteiger partial charge in [0.1, 0.15) is 6.61 Å². The summed E-state index contributed by atoms with van der Waals surface area (Å²) in [6.07, 6.45) is 2.88. The molecule has 2 aromatic rings. The fourth-order valence-corrected chi connectivity index (χ4v) is 3.86.